The second kappa shape index (κ2) is 8.72. The van der Waals surface area contributed by atoms with Gasteiger partial charge in [0.25, 0.3) is 0 Å². The first kappa shape index (κ1) is 27.1. The van der Waals surface area contributed by atoms with Crippen LogP contribution in [0.15, 0.2) is 48.8 Å². The summed E-state index contributed by atoms with van der Waals surface area (Å²) in [6, 6.07) is 3.28. The van der Waals surface area contributed by atoms with Gasteiger partial charge < -0.3 is 24.6 Å². The first-order valence-electron chi connectivity index (χ1n) is 13.6. The van der Waals surface area contributed by atoms with Crippen LogP contribution in [0.5, 0.6) is 0 Å². The highest BCUT2D eigenvalue weighted by Crippen LogP contribution is 2.77. The smallest absolute Gasteiger partial charge is 0.340 e. The summed E-state index contributed by atoms with van der Waals surface area (Å²) >= 11 is 0. The van der Waals surface area contributed by atoms with Crippen molar-refractivity contribution in [2.75, 3.05) is 13.6 Å². The molecule has 4 aliphatic carbocycles. The Balaban J connectivity index is 0.000000328. The van der Waals surface area contributed by atoms with E-state index in [4.69, 9.17) is 14.9 Å². The fourth-order valence-electron chi connectivity index (χ4n) is 8.55. The number of aliphatic carboxylic acids is 1. The summed E-state index contributed by atoms with van der Waals surface area (Å²) in [6.07, 6.45) is 6.84. The number of esters is 2. The number of fused-ring (bicyclic) bond motifs is 1. The Hall–Kier alpha value is -4.06. The van der Waals surface area contributed by atoms with Crippen LogP contribution < -0.4 is 5.32 Å². The second-order valence-electron chi connectivity index (χ2n) is 12.3. The number of aliphatic hydroxyl groups is 1. The molecule has 2 saturated heterocycles. The molecule has 12 nitrogen and oxygen atoms in total. The molecule has 1 aromatic rings. The molecule has 8 atom stereocenters. The number of carboxylic acids is 1. The molecule has 1 amide bonds. The van der Waals surface area contributed by atoms with Gasteiger partial charge in [0.1, 0.15) is 16.6 Å². The number of aromatic nitrogens is 1. The molecule has 0 radical (unpaired) electrons. The summed E-state index contributed by atoms with van der Waals surface area (Å²) in [5.74, 6) is -3.94. The van der Waals surface area contributed by atoms with Crippen LogP contribution in [-0.2, 0) is 23.9 Å². The maximum atomic E-state index is 13.0. The number of rotatable bonds is 3. The zero-order chi connectivity index (χ0) is 29.5. The van der Waals surface area contributed by atoms with E-state index in [1.807, 2.05) is 0 Å². The summed E-state index contributed by atoms with van der Waals surface area (Å²) in [4.78, 5) is 54.6. The molecule has 5 fully saturated rings. The van der Waals surface area contributed by atoms with Crippen LogP contribution in [0, 0.1) is 34.0 Å². The van der Waals surface area contributed by atoms with E-state index in [-0.39, 0.29) is 17.8 Å². The lowest BCUT2D eigenvalue weighted by atomic mass is 9.61. The number of hydrogen-bond acceptors (Lipinski definition) is 9. The van der Waals surface area contributed by atoms with E-state index in [1.54, 1.807) is 49.4 Å². The minimum Gasteiger partial charge on any atom is -0.481 e. The molecule has 3 saturated carbocycles. The van der Waals surface area contributed by atoms with Gasteiger partial charge in [0, 0.05) is 31.3 Å². The van der Waals surface area contributed by atoms with E-state index < -0.39 is 57.9 Å². The normalized spacial score (nSPS) is 41.2. The predicted molar refractivity (Wildman–Crippen MR) is 141 cm³/mol. The first-order valence-corrected chi connectivity index (χ1v) is 13.6. The van der Waals surface area contributed by atoms with Gasteiger partial charge >= 0.3 is 17.9 Å². The van der Waals surface area contributed by atoms with Crippen LogP contribution >= 0.6 is 0 Å². The van der Waals surface area contributed by atoms with Crippen molar-refractivity contribution in [3.63, 3.8) is 0 Å². The SMILES string of the molecule is C=C1C[C@]23C[C@@]1(OC(=O)c1cccnc1)CC[C@H]2[C@@]12C=C[C@H](O)[C@@](C)(C(=O)O1)[C@H]2[C@@H]3C(=O)O.CN1CC(=O)NC1=N. The maximum absolute atomic E-state index is 13.0. The van der Waals surface area contributed by atoms with E-state index >= 15 is 0 Å². The molecule has 4 bridgehead atoms. The molecule has 41 heavy (non-hydrogen) atoms. The van der Waals surface area contributed by atoms with Gasteiger partial charge in [-0.3, -0.25) is 30.1 Å². The Morgan fingerprint density at radius 3 is 2.68 bits per heavy atom. The number of carbonyl (C=O) groups is 4. The summed E-state index contributed by atoms with van der Waals surface area (Å²) in [6.45, 7) is 6.16. The molecule has 1 aromatic heterocycles. The van der Waals surface area contributed by atoms with Crippen molar-refractivity contribution in [1.29, 1.82) is 5.41 Å². The topological polar surface area (TPSA) is 179 Å². The molecule has 0 unspecified atom stereocenters. The van der Waals surface area contributed by atoms with E-state index in [1.165, 1.54) is 6.20 Å². The molecule has 12 heteroatoms. The Morgan fingerprint density at radius 2 is 2.10 bits per heavy atom. The third-order valence-corrected chi connectivity index (χ3v) is 10.3. The van der Waals surface area contributed by atoms with Gasteiger partial charge in [-0.15, -0.1) is 0 Å². The van der Waals surface area contributed by atoms with Crippen molar-refractivity contribution in [2.45, 2.75) is 49.9 Å². The fraction of sp³-hybridized carbons (Fsp3) is 0.517. The van der Waals surface area contributed by atoms with Crippen molar-refractivity contribution in [3.05, 3.63) is 54.4 Å². The number of carboxylic acid groups (broad SMARTS) is 1. The third-order valence-electron chi connectivity index (χ3n) is 10.3. The minimum atomic E-state index is -1.34. The molecule has 7 rings (SSSR count). The van der Waals surface area contributed by atoms with Crippen LogP contribution in [0.25, 0.3) is 0 Å². The van der Waals surface area contributed by atoms with Gasteiger partial charge in [0.05, 0.1) is 24.1 Å². The number of guanidine groups is 1. The van der Waals surface area contributed by atoms with Crippen molar-refractivity contribution < 1.29 is 38.9 Å². The number of ether oxygens (including phenoxy) is 2. The van der Waals surface area contributed by atoms with E-state index in [0.29, 0.717) is 43.4 Å². The van der Waals surface area contributed by atoms with Crippen LogP contribution in [0.2, 0.25) is 0 Å². The van der Waals surface area contributed by atoms with Gasteiger partial charge in [-0.1, -0.05) is 12.7 Å². The highest BCUT2D eigenvalue weighted by molar-refractivity contribution is 6.02. The highest BCUT2D eigenvalue weighted by atomic mass is 16.6. The maximum Gasteiger partial charge on any atom is 0.340 e. The van der Waals surface area contributed by atoms with Crippen LogP contribution in [-0.4, -0.2) is 80.8 Å². The predicted octanol–water partition coefficient (Wildman–Crippen LogP) is 1.27. The molecular formula is C29H32N4O8. The van der Waals surface area contributed by atoms with Gasteiger partial charge in [-0.2, -0.15) is 0 Å². The van der Waals surface area contributed by atoms with Gasteiger partial charge in [-0.05, 0) is 61.8 Å². The van der Waals surface area contributed by atoms with Crippen LogP contribution in [0.3, 0.4) is 0 Å². The van der Waals surface area contributed by atoms with Crippen LogP contribution in [0.4, 0.5) is 0 Å². The second-order valence-corrected chi connectivity index (χ2v) is 12.3. The van der Waals surface area contributed by atoms with E-state index in [0.717, 1.165) is 0 Å². The lowest BCUT2D eigenvalue weighted by Crippen LogP contribution is -2.50. The highest BCUT2D eigenvalue weighted by Gasteiger charge is 2.84. The average molecular weight is 565 g/mol. The summed E-state index contributed by atoms with van der Waals surface area (Å²) in [5.41, 5.74) is -3.19. The number of nitrogens with one attached hydrogen (secondary N) is 2. The largest absolute Gasteiger partial charge is 0.481 e. The Morgan fingerprint density at radius 1 is 1.34 bits per heavy atom. The molecule has 6 aliphatic rings. The monoisotopic (exact) mass is 564 g/mol. The fourth-order valence-corrected chi connectivity index (χ4v) is 8.55. The molecule has 4 N–H and O–H groups in total. The first-order chi connectivity index (χ1) is 19.3. The number of aliphatic hydroxyl groups excluding tert-OH is 1. The van der Waals surface area contributed by atoms with Crippen molar-refractivity contribution in [1.82, 2.24) is 15.2 Å². The molecule has 2 aliphatic heterocycles. The van der Waals surface area contributed by atoms with Gasteiger partial charge in [0.2, 0.25) is 5.91 Å². The lowest BCUT2D eigenvalue weighted by Gasteiger charge is -2.45. The molecule has 3 heterocycles. The summed E-state index contributed by atoms with van der Waals surface area (Å²) in [7, 11) is 1.69. The third kappa shape index (κ3) is 3.49. The average Bonchev–Trinajstić information content (AvgIpc) is 3.49. The number of pyridine rings is 1. The number of nitrogens with zero attached hydrogens (tertiary/aromatic N) is 2. The Labute approximate surface area is 235 Å². The van der Waals surface area contributed by atoms with Gasteiger partial charge in [-0.25, -0.2) is 4.79 Å². The lowest BCUT2D eigenvalue weighted by molar-refractivity contribution is -0.163. The van der Waals surface area contributed by atoms with Crippen molar-refractivity contribution >= 4 is 29.8 Å². The number of carbonyl (C=O) groups excluding carboxylic acids is 3. The number of amides is 1. The van der Waals surface area contributed by atoms with Gasteiger partial charge in [0.15, 0.2) is 5.96 Å². The van der Waals surface area contributed by atoms with Crippen molar-refractivity contribution in [2.24, 2.45) is 28.6 Å². The Kier molecular flexibility index (Phi) is 5.77. The van der Waals surface area contributed by atoms with Crippen molar-refractivity contribution in [3.8, 4) is 0 Å². The zero-order valence-corrected chi connectivity index (χ0v) is 22.8. The minimum absolute atomic E-state index is 0.0995. The summed E-state index contributed by atoms with van der Waals surface area (Å²) < 4.78 is 12.0. The standard InChI is InChI=1S/C25H25NO7.C4H7N3O/c1-13-10-23-12-24(13,32-20(30)14-4-3-9-26-11-14)7-5-15(23)25-8-6-16(27)22(2,21(31)33-25)18(25)17(23)19(28)29;1-7-2-3(8)6-4(7)5/h3-4,6,8-9,11,15-18,27H,1,5,7,10,12H2,2H3,(H,28,29);2H2,1H3,(H2,5,6,8)/t15-,16+,17-,18-,22-,23+,24+,25-;/m1./s1. The molecule has 216 valence electrons. The molecule has 0 aromatic carbocycles. The molecule has 1 spiro atoms. The quantitative estimate of drug-likeness (QED) is 0.309. The van der Waals surface area contributed by atoms with Crippen LogP contribution in [0.1, 0.15) is 43.0 Å². The Bertz CT molecular complexity index is 1430. The summed E-state index contributed by atoms with van der Waals surface area (Å²) in [5, 5.41) is 30.5. The van der Waals surface area contributed by atoms with E-state index in [9.17, 15) is 29.4 Å². The number of hydrogen-bond donors (Lipinski definition) is 4. The zero-order valence-electron chi connectivity index (χ0n) is 22.8. The van der Waals surface area contributed by atoms with E-state index in [2.05, 4.69) is 16.9 Å². The number of likely N-dealkylation sites (N-methyl/N-ethyl adjacent to an activating group) is 1. The molecular weight excluding hydrogens is 532 g/mol.